The van der Waals surface area contributed by atoms with Crippen molar-refractivity contribution in [3.8, 4) is 0 Å². The lowest BCUT2D eigenvalue weighted by Crippen LogP contribution is -2.37. The lowest BCUT2D eigenvalue weighted by atomic mass is 9.95. The summed E-state index contributed by atoms with van der Waals surface area (Å²) in [6.07, 6.45) is 1.63. The maximum absolute atomic E-state index is 13.7. The van der Waals surface area contributed by atoms with Gasteiger partial charge < -0.3 is 10.6 Å². The van der Waals surface area contributed by atoms with E-state index in [1.165, 1.54) is 12.1 Å². The fourth-order valence-electron chi connectivity index (χ4n) is 2.10. The molecule has 1 aliphatic rings. The first-order valence-electron chi connectivity index (χ1n) is 5.94. The van der Waals surface area contributed by atoms with Crippen LogP contribution in [0.4, 0.5) is 8.78 Å². The molecule has 0 atom stereocenters. The largest absolute Gasteiger partial charge is 0.354 e. The van der Waals surface area contributed by atoms with Gasteiger partial charge in [-0.1, -0.05) is 6.07 Å². The predicted molar refractivity (Wildman–Crippen MR) is 71.5 cm³/mol. The van der Waals surface area contributed by atoms with Gasteiger partial charge in [-0.2, -0.15) is 0 Å². The summed E-state index contributed by atoms with van der Waals surface area (Å²) in [5, 5.41) is 5.51. The Morgan fingerprint density at radius 1 is 1.37 bits per heavy atom. The molecule has 2 rings (SSSR count). The van der Waals surface area contributed by atoms with Crippen molar-refractivity contribution in [2.24, 2.45) is 0 Å². The Hall–Kier alpha value is -1.20. The molecule has 2 N–H and O–H groups in total. The van der Waals surface area contributed by atoms with E-state index in [1.807, 2.05) is 0 Å². The predicted octanol–water partition coefficient (Wildman–Crippen LogP) is 1.75. The highest BCUT2D eigenvalue weighted by Gasteiger charge is 2.46. The molecule has 1 saturated carbocycles. The first-order valence-corrected chi connectivity index (χ1v) is 5.94. The molecular weight excluding hydrogens is 274 g/mol. The molecule has 19 heavy (non-hydrogen) atoms. The minimum absolute atomic E-state index is 0. The second-order valence-electron chi connectivity index (χ2n) is 4.71. The van der Waals surface area contributed by atoms with Gasteiger partial charge in [-0.25, -0.2) is 8.78 Å². The van der Waals surface area contributed by atoms with Crippen LogP contribution in [-0.4, -0.2) is 26.0 Å². The Kier molecular flexibility index (Phi) is 5.26. The zero-order chi connectivity index (χ0) is 13.2. The molecule has 6 heteroatoms. The molecule has 0 bridgehead atoms. The van der Waals surface area contributed by atoms with Crippen molar-refractivity contribution in [1.82, 2.24) is 10.6 Å². The summed E-state index contributed by atoms with van der Waals surface area (Å²) in [5.41, 5.74) is 0.148. The quantitative estimate of drug-likeness (QED) is 0.867. The fraction of sp³-hybridized carbons (Fsp3) is 0.462. The van der Waals surface area contributed by atoms with Gasteiger partial charge in [-0.05, 0) is 31.5 Å². The fourth-order valence-corrected chi connectivity index (χ4v) is 2.10. The van der Waals surface area contributed by atoms with Crippen molar-refractivity contribution in [2.75, 3.05) is 20.1 Å². The van der Waals surface area contributed by atoms with Crippen molar-refractivity contribution in [1.29, 1.82) is 0 Å². The van der Waals surface area contributed by atoms with Crippen LogP contribution in [0.1, 0.15) is 18.4 Å². The van der Waals surface area contributed by atoms with Gasteiger partial charge in [0.2, 0.25) is 5.91 Å². The Bertz CT molecular complexity index is 464. The summed E-state index contributed by atoms with van der Waals surface area (Å²) < 4.78 is 26.5. The van der Waals surface area contributed by atoms with E-state index in [4.69, 9.17) is 0 Å². The molecular formula is C13H17ClF2N2O. The molecule has 3 nitrogen and oxygen atoms in total. The first-order chi connectivity index (χ1) is 8.57. The summed E-state index contributed by atoms with van der Waals surface area (Å²) in [5.74, 6) is -1.23. The molecule has 0 saturated heterocycles. The van der Waals surface area contributed by atoms with E-state index in [0.717, 1.165) is 18.9 Å². The van der Waals surface area contributed by atoms with E-state index in [2.05, 4.69) is 10.6 Å². The molecule has 1 aromatic rings. The van der Waals surface area contributed by atoms with Crippen molar-refractivity contribution in [2.45, 2.75) is 18.3 Å². The summed E-state index contributed by atoms with van der Waals surface area (Å²) in [4.78, 5) is 11.4. The first kappa shape index (κ1) is 15.9. The van der Waals surface area contributed by atoms with Crippen LogP contribution in [0.15, 0.2) is 18.2 Å². The third-order valence-electron chi connectivity index (χ3n) is 3.32. The summed E-state index contributed by atoms with van der Waals surface area (Å²) in [6.45, 7) is 0.637. The average molecular weight is 291 g/mol. The van der Waals surface area contributed by atoms with Gasteiger partial charge >= 0.3 is 0 Å². The molecule has 0 heterocycles. The van der Waals surface area contributed by atoms with Crippen LogP contribution in [0.25, 0.3) is 0 Å². The Morgan fingerprint density at radius 3 is 2.58 bits per heavy atom. The normalized spacial score (nSPS) is 15.5. The monoisotopic (exact) mass is 290 g/mol. The SMILES string of the molecule is CNCC(=O)NCC1(c2ccc(F)cc2F)CC1.Cl. The van der Waals surface area contributed by atoms with Crippen LogP contribution in [0.2, 0.25) is 0 Å². The molecule has 0 aromatic heterocycles. The zero-order valence-electron chi connectivity index (χ0n) is 10.6. The smallest absolute Gasteiger partial charge is 0.233 e. The molecule has 0 spiro atoms. The Balaban J connectivity index is 0.00000180. The van der Waals surface area contributed by atoms with E-state index in [0.29, 0.717) is 12.1 Å². The topological polar surface area (TPSA) is 41.1 Å². The number of rotatable bonds is 5. The van der Waals surface area contributed by atoms with Gasteiger partial charge in [0.15, 0.2) is 0 Å². The van der Waals surface area contributed by atoms with Crippen LogP contribution >= 0.6 is 12.4 Å². The molecule has 1 fully saturated rings. The van der Waals surface area contributed by atoms with Gasteiger partial charge in [0.05, 0.1) is 6.54 Å². The van der Waals surface area contributed by atoms with E-state index in [9.17, 15) is 13.6 Å². The van der Waals surface area contributed by atoms with Gasteiger partial charge in [0.1, 0.15) is 11.6 Å². The van der Waals surface area contributed by atoms with Crippen molar-refractivity contribution in [3.63, 3.8) is 0 Å². The molecule has 0 aliphatic heterocycles. The summed E-state index contributed by atoms with van der Waals surface area (Å²) in [7, 11) is 1.69. The van der Waals surface area contributed by atoms with E-state index >= 15 is 0 Å². The lowest BCUT2D eigenvalue weighted by Gasteiger charge is -2.17. The molecule has 106 valence electrons. The van der Waals surface area contributed by atoms with Crippen LogP contribution in [0, 0.1) is 11.6 Å². The highest BCUT2D eigenvalue weighted by atomic mass is 35.5. The van der Waals surface area contributed by atoms with E-state index in [-0.39, 0.29) is 30.3 Å². The van der Waals surface area contributed by atoms with Crippen LogP contribution in [0.3, 0.4) is 0 Å². The van der Waals surface area contributed by atoms with E-state index in [1.54, 1.807) is 7.05 Å². The minimum atomic E-state index is -0.578. The Morgan fingerprint density at radius 2 is 2.05 bits per heavy atom. The average Bonchev–Trinajstić information content (AvgIpc) is 3.08. The third kappa shape index (κ3) is 3.64. The second-order valence-corrected chi connectivity index (χ2v) is 4.71. The summed E-state index contributed by atoms with van der Waals surface area (Å²) in [6, 6.07) is 3.63. The lowest BCUT2D eigenvalue weighted by molar-refractivity contribution is -0.120. The van der Waals surface area contributed by atoms with Gasteiger partial charge in [0, 0.05) is 18.0 Å². The number of carbonyl (C=O) groups excluding carboxylic acids is 1. The van der Waals surface area contributed by atoms with Gasteiger partial charge in [0.25, 0.3) is 0 Å². The zero-order valence-corrected chi connectivity index (χ0v) is 11.4. The number of halogens is 3. The Labute approximate surface area is 117 Å². The standard InChI is InChI=1S/C13H16F2N2O.ClH/c1-16-7-12(18)17-8-13(4-5-13)10-3-2-9(14)6-11(10)15;/h2-3,6,16H,4-5,7-8H2,1H3,(H,17,18);1H. The maximum Gasteiger partial charge on any atom is 0.233 e. The second kappa shape index (κ2) is 6.30. The number of hydrogen-bond acceptors (Lipinski definition) is 2. The number of benzene rings is 1. The molecule has 1 aromatic carbocycles. The highest BCUT2D eigenvalue weighted by Crippen LogP contribution is 2.48. The molecule has 1 aliphatic carbocycles. The third-order valence-corrected chi connectivity index (χ3v) is 3.32. The number of carbonyl (C=O) groups is 1. The van der Waals surface area contributed by atoms with Crippen LogP contribution in [-0.2, 0) is 10.2 Å². The summed E-state index contributed by atoms with van der Waals surface area (Å²) >= 11 is 0. The van der Waals surface area contributed by atoms with E-state index < -0.39 is 11.6 Å². The number of amides is 1. The minimum Gasteiger partial charge on any atom is -0.354 e. The van der Waals surface area contributed by atoms with Crippen molar-refractivity contribution < 1.29 is 13.6 Å². The van der Waals surface area contributed by atoms with Gasteiger partial charge in [-0.15, -0.1) is 12.4 Å². The molecule has 1 amide bonds. The van der Waals surface area contributed by atoms with Gasteiger partial charge in [-0.3, -0.25) is 4.79 Å². The molecule has 0 unspecified atom stereocenters. The van der Waals surface area contributed by atoms with Crippen molar-refractivity contribution >= 4 is 18.3 Å². The van der Waals surface area contributed by atoms with Crippen molar-refractivity contribution in [3.05, 3.63) is 35.4 Å². The molecule has 0 radical (unpaired) electrons. The number of nitrogens with one attached hydrogen (secondary N) is 2. The van der Waals surface area contributed by atoms with Crippen LogP contribution < -0.4 is 10.6 Å². The number of likely N-dealkylation sites (N-methyl/N-ethyl adjacent to an activating group) is 1. The van der Waals surface area contributed by atoms with Crippen LogP contribution in [0.5, 0.6) is 0 Å². The maximum atomic E-state index is 13.7. The highest BCUT2D eigenvalue weighted by molar-refractivity contribution is 5.85. The number of hydrogen-bond donors (Lipinski definition) is 2.